The van der Waals surface area contributed by atoms with Crippen LogP contribution in [-0.4, -0.2) is 61.5 Å². The van der Waals surface area contributed by atoms with Crippen molar-refractivity contribution >= 4 is 11.6 Å². The van der Waals surface area contributed by atoms with Crippen molar-refractivity contribution < 1.29 is 18.0 Å². The molecule has 0 N–H and O–H groups in total. The van der Waals surface area contributed by atoms with Gasteiger partial charge < -0.3 is 9.80 Å². The van der Waals surface area contributed by atoms with Gasteiger partial charge in [0.25, 0.3) is 0 Å². The van der Waals surface area contributed by atoms with Gasteiger partial charge >= 0.3 is 6.18 Å². The third kappa shape index (κ3) is 6.61. The van der Waals surface area contributed by atoms with Gasteiger partial charge in [0.2, 0.25) is 5.91 Å². The van der Waals surface area contributed by atoms with Crippen LogP contribution in [0.5, 0.6) is 0 Å². The van der Waals surface area contributed by atoms with E-state index in [1.165, 1.54) is 12.1 Å². The van der Waals surface area contributed by atoms with E-state index in [9.17, 15) is 18.0 Å². The monoisotopic (exact) mass is 439 g/mol. The highest BCUT2D eigenvalue weighted by Crippen LogP contribution is 2.40. The highest BCUT2D eigenvalue weighted by Gasteiger charge is 2.38. The molecule has 1 aromatic carbocycles. The molecule has 2 aliphatic rings. The molecule has 0 spiro atoms. The molecule has 0 aromatic heterocycles. The van der Waals surface area contributed by atoms with Crippen LogP contribution in [0.2, 0.25) is 0 Å². The summed E-state index contributed by atoms with van der Waals surface area (Å²) in [6, 6.07) is 5.58. The molecule has 1 amide bonds. The number of carbonyl (C=O) groups excluding carboxylic acids is 1. The van der Waals surface area contributed by atoms with E-state index >= 15 is 0 Å². The van der Waals surface area contributed by atoms with Crippen molar-refractivity contribution in [3.8, 4) is 0 Å². The summed E-state index contributed by atoms with van der Waals surface area (Å²) in [5.74, 6) is 0.255. The average Bonchev–Trinajstić information content (AvgIpc) is 2.73. The van der Waals surface area contributed by atoms with E-state index in [2.05, 4.69) is 32.6 Å². The molecule has 0 saturated carbocycles. The van der Waals surface area contributed by atoms with E-state index < -0.39 is 11.7 Å². The maximum Gasteiger partial charge on any atom is 0.416 e. The quantitative estimate of drug-likeness (QED) is 0.654. The lowest BCUT2D eigenvalue weighted by Crippen LogP contribution is -2.47. The van der Waals surface area contributed by atoms with E-state index in [1.54, 1.807) is 6.07 Å². The zero-order chi connectivity index (χ0) is 22.9. The van der Waals surface area contributed by atoms with Crippen LogP contribution in [-0.2, 0) is 11.0 Å². The van der Waals surface area contributed by atoms with Crippen molar-refractivity contribution in [3.63, 3.8) is 0 Å². The Morgan fingerprint density at radius 1 is 0.968 bits per heavy atom. The number of carbonyl (C=O) groups is 1. The molecule has 2 saturated heterocycles. The summed E-state index contributed by atoms with van der Waals surface area (Å²) in [5.41, 5.74) is 0.191. The molecule has 0 radical (unpaired) electrons. The fraction of sp³-hybridized carbons (Fsp3) is 0.708. The van der Waals surface area contributed by atoms with E-state index in [1.807, 2.05) is 9.80 Å². The Morgan fingerprint density at radius 3 is 2.29 bits per heavy atom. The van der Waals surface area contributed by atoms with Crippen LogP contribution in [0.1, 0.15) is 52.5 Å². The molecule has 0 unspecified atom stereocenters. The average molecular weight is 440 g/mol. The maximum absolute atomic E-state index is 13.0. The molecular weight excluding hydrogens is 403 g/mol. The molecule has 31 heavy (non-hydrogen) atoms. The smallest absolute Gasteiger partial charge is 0.369 e. The van der Waals surface area contributed by atoms with Gasteiger partial charge in [0.15, 0.2) is 0 Å². The number of benzene rings is 1. The van der Waals surface area contributed by atoms with Crippen molar-refractivity contribution in [3.05, 3.63) is 29.8 Å². The Kier molecular flexibility index (Phi) is 6.94. The van der Waals surface area contributed by atoms with E-state index in [-0.39, 0.29) is 16.7 Å². The molecule has 0 aliphatic carbocycles. The molecule has 0 bridgehead atoms. The first-order valence-corrected chi connectivity index (χ1v) is 11.3. The van der Waals surface area contributed by atoms with Gasteiger partial charge in [-0.3, -0.25) is 9.69 Å². The predicted molar refractivity (Wildman–Crippen MR) is 118 cm³/mol. The number of anilines is 1. The second kappa shape index (κ2) is 9.00. The van der Waals surface area contributed by atoms with Crippen molar-refractivity contribution in [1.82, 2.24) is 9.80 Å². The summed E-state index contributed by atoms with van der Waals surface area (Å²) < 4.78 is 38.9. The molecule has 2 heterocycles. The maximum atomic E-state index is 13.0. The Morgan fingerprint density at radius 2 is 1.65 bits per heavy atom. The van der Waals surface area contributed by atoms with Gasteiger partial charge in [0.05, 0.1) is 5.56 Å². The van der Waals surface area contributed by atoms with E-state index in [4.69, 9.17) is 0 Å². The first-order valence-electron chi connectivity index (χ1n) is 11.3. The lowest BCUT2D eigenvalue weighted by molar-refractivity contribution is -0.137. The third-order valence-electron chi connectivity index (χ3n) is 6.37. The molecule has 174 valence electrons. The van der Waals surface area contributed by atoms with Crippen molar-refractivity contribution in [2.24, 2.45) is 10.8 Å². The lowest BCUT2D eigenvalue weighted by atomic mass is 9.74. The molecule has 2 fully saturated rings. The van der Waals surface area contributed by atoms with Gasteiger partial charge in [-0.1, -0.05) is 33.8 Å². The largest absolute Gasteiger partial charge is 0.416 e. The topological polar surface area (TPSA) is 26.8 Å². The molecule has 2 aliphatic heterocycles. The summed E-state index contributed by atoms with van der Waals surface area (Å²) in [6.07, 6.45) is -1.75. The van der Waals surface area contributed by atoms with Gasteiger partial charge in [0.1, 0.15) is 0 Å². The summed E-state index contributed by atoms with van der Waals surface area (Å²) in [4.78, 5) is 19.1. The summed E-state index contributed by atoms with van der Waals surface area (Å²) in [7, 11) is 0. The number of amides is 1. The fourth-order valence-electron chi connectivity index (χ4n) is 5.34. The first kappa shape index (κ1) is 23.9. The molecule has 1 aromatic rings. The number of hydrogen-bond acceptors (Lipinski definition) is 3. The number of hydrogen-bond donors (Lipinski definition) is 0. The number of halogens is 3. The van der Waals surface area contributed by atoms with Crippen LogP contribution in [0.4, 0.5) is 18.9 Å². The molecule has 0 atom stereocenters. The Hall–Kier alpha value is -1.76. The minimum atomic E-state index is -4.31. The third-order valence-corrected chi connectivity index (χ3v) is 6.37. The summed E-state index contributed by atoms with van der Waals surface area (Å²) >= 11 is 0. The van der Waals surface area contributed by atoms with Gasteiger partial charge in [-0.05, 0) is 48.4 Å². The number of nitrogens with zero attached hydrogens (tertiary/aromatic N) is 3. The SMILES string of the molecule is CC1(C)CC(=O)N(CCCN2CCN(c3cccc(C(F)(F)F)c3)CC2)CC(C)(C)C1. The molecule has 7 heteroatoms. The zero-order valence-electron chi connectivity index (χ0n) is 19.3. The highest BCUT2D eigenvalue weighted by atomic mass is 19.4. The fourth-order valence-corrected chi connectivity index (χ4v) is 5.34. The Bertz CT molecular complexity index is 768. The van der Waals surface area contributed by atoms with Crippen LogP contribution in [0, 0.1) is 10.8 Å². The number of rotatable bonds is 5. The highest BCUT2D eigenvalue weighted by molar-refractivity contribution is 5.77. The van der Waals surface area contributed by atoms with Gasteiger partial charge in [-0.15, -0.1) is 0 Å². The van der Waals surface area contributed by atoms with Gasteiger partial charge in [-0.25, -0.2) is 0 Å². The van der Waals surface area contributed by atoms with Crippen LogP contribution in [0.25, 0.3) is 0 Å². The number of alkyl halides is 3. The van der Waals surface area contributed by atoms with E-state index in [0.717, 1.165) is 51.6 Å². The first-order chi connectivity index (χ1) is 14.3. The summed E-state index contributed by atoms with van der Waals surface area (Å²) in [5, 5.41) is 0. The van der Waals surface area contributed by atoms with Crippen LogP contribution >= 0.6 is 0 Å². The van der Waals surface area contributed by atoms with Crippen LogP contribution < -0.4 is 4.90 Å². The molecular formula is C24H36F3N3O. The van der Waals surface area contributed by atoms with E-state index in [0.29, 0.717) is 25.2 Å². The van der Waals surface area contributed by atoms with Crippen molar-refractivity contribution in [2.45, 2.75) is 53.1 Å². The lowest BCUT2D eigenvalue weighted by Gasteiger charge is -2.37. The number of piperazine rings is 1. The Labute approximate surface area is 184 Å². The predicted octanol–water partition coefficient (Wildman–Crippen LogP) is 4.89. The van der Waals surface area contributed by atoms with Gasteiger partial charge in [0, 0.05) is 51.4 Å². The zero-order valence-corrected chi connectivity index (χ0v) is 19.3. The number of likely N-dealkylation sites (tertiary alicyclic amines) is 1. The second-order valence-corrected chi connectivity index (χ2v) is 10.7. The van der Waals surface area contributed by atoms with Gasteiger partial charge in [-0.2, -0.15) is 13.2 Å². The Balaban J connectivity index is 1.47. The van der Waals surface area contributed by atoms with Crippen LogP contribution in [0.15, 0.2) is 24.3 Å². The molecule has 4 nitrogen and oxygen atoms in total. The van der Waals surface area contributed by atoms with Crippen molar-refractivity contribution in [1.29, 1.82) is 0 Å². The minimum absolute atomic E-state index is 0.0368. The summed E-state index contributed by atoms with van der Waals surface area (Å²) in [6.45, 7) is 14.4. The second-order valence-electron chi connectivity index (χ2n) is 10.7. The standard InChI is InChI=1S/C24H36F3N3O/c1-22(2)16-21(31)30(18-23(3,4)17-22)10-6-9-28-11-13-29(14-12-28)20-8-5-7-19(15-20)24(25,26)27/h5,7-8,15H,6,9-14,16-18H2,1-4H3. The molecule has 3 rings (SSSR count). The minimum Gasteiger partial charge on any atom is -0.369 e. The van der Waals surface area contributed by atoms with Crippen molar-refractivity contribution in [2.75, 3.05) is 50.7 Å². The normalized spacial score (nSPS) is 22.5. The van der Waals surface area contributed by atoms with Crippen LogP contribution in [0.3, 0.4) is 0 Å².